The number of ether oxygens (including phenoxy) is 1. The molecule has 28 heavy (non-hydrogen) atoms. The van der Waals surface area contributed by atoms with Crippen LogP contribution in [0.5, 0.6) is 5.75 Å². The molecule has 3 rings (SSSR count). The van der Waals surface area contributed by atoms with Crippen molar-refractivity contribution in [2.45, 2.75) is 25.4 Å². The van der Waals surface area contributed by atoms with Crippen LogP contribution in [0.4, 0.5) is 0 Å². The van der Waals surface area contributed by atoms with Gasteiger partial charge in [-0.3, -0.25) is 15.0 Å². The largest absolute Gasteiger partial charge is 0.496 e. The second-order valence-electron chi connectivity index (χ2n) is 6.81. The Kier molecular flexibility index (Phi) is 7.64. The standard InChI is InChI=1S/C21H24IN3O2S/c1-27-19-8-7-16(13-18(19)22)20(26)24-21(28)23-17-9-11-25(12-10-17)14-15-5-3-2-4-6-15/h2-8,13,17H,9-12,14H2,1H3,(H2,23,24,26,28). The van der Waals surface area contributed by atoms with E-state index in [1.54, 1.807) is 25.3 Å². The van der Waals surface area contributed by atoms with Crippen molar-refractivity contribution in [2.24, 2.45) is 0 Å². The first-order chi connectivity index (χ1) is 13.5. The van der Waals surface area contributed by atoms with Crippen molar-refractivity contribution in [3.63, 3.8) is 0 Å². The highest BCUT2D eigenvalue weighted by molar-refractivity contribution is 14.1. The minimum atomic E-state index is -0.209. The molecule has 0 aliphatic carbocycles. The fraction of sp³-hybridized carbons (Fsp3) is 0.333. The number of nitrogens with zero attached hydrogens (tertiary/aromatic N) is 1. The Balaban J connectivity index is 1.44. The molecule has 1 aliphatic rings. The van der Waals surface area contributed by atoms with Crippen LogP contribution in [0.25, 0.3) is 0 Å². The molecule has 0 saturated carbocycles. The fourth-order valence-corrected chi connectivity index (χ4v) is 4.28. The van der Waals surface area contributed by atoms with Crippen molar-refractivity contribution in [1.82, 2.24) is 15.5 Å². The molecule has 1 saturated heterocycles. The van der Waals surface area contributed by atoms with Crippen LogP contribution in [0.2, 0.25) is 0 Å². The fourth-order valence-electron chi connectivity index (χ4n) is 3.28. The summed E-state index contributed by atoms with van der Waals surface area (Å²) in [6.45, 7) is 3.00. The number of hydrogen-bond acceptors (Lipinski definition) is 4. The number of halogens is 1. The van der Waals surface area contributed by atoms with Crippen molar-refractivity contribution in [3.8, 4) is 5.75 Å². The molecule has 0 spiro atoms. The van der Waals surface area contributed by atoms with Gasteiger partial charge in [0.15, 0.2) is 5.11 Å². The second kappa shape index (κ2) is 10.2. The second-order valence-corrected chi connectivity index (χ2v) is 8.38. The molecular formula is C21H24IN3O2S. The number of nitrogens with one attached hydrogen (secondary N) is 2. The molecule has 0 bridgehead atoms. The SMILES string of the molecule is COc1ccc(C(=O)NC(=S)NC2CCN(Cc3ccccc3)CC2)cc1I. The minimum Gasteiger partial charge on any atom is -0.496 e. The van der Waals surface area contributed by atoms with Gasteiger partial charge in [0.1, 0.15) is 5.75 Å². The van der Waals surface area contributed by atoms with Gasteiger partial charge in [0.2, 0.25) is 0 Å². The molecule has 0 atom stereocenters. The number of likely N-dealkylation sites (tertiary alicyclic amines) is 1. The Labute approximate surface area is 185 Å². The predicted molar refractivity (Wildman–Crippen MR) is 124 cm³/mol. The molecule has 0 unspecified atom stereocenters. The smallest absolute Gasteiger partial charge is 0.257 e. The lowest BCUT2D eigenvalue weighted by molar-refractivity contribution is 0.0976. The van der Waals surface area contributed by atoms with Crippen molar-refractivity contribution in [3.05, 3.63) is 63.2 Å². The van der Waals surface area contributed by atoms with Gasteiger partial charge in [-0.25, -0.2) is 0 Å². The highest BCUT2D eigenvalue weighted by atomic mass is 127. The number of methoxy groups -OCH3 is 1. The Morgan fingerprint density at radius 1 is 1.21 bits per heavy atom. The van der Waals surface area contributed by atoms with Crippen molar-refractivity contribution < 1.29 is 9.53 Å². The zero-order chi connectivity index (χ0) is 19.9. The van der Waals surface area contributed by atoms with E-state index in [0.29, 0.717) is 10.7 Å². The van der Waals surface area contributed by atoms with Gasteiger partial charge in [-0.05, 0) is 71.4 Å². The number of carbonyl (C=O) groups is 1. The summed E-state index contributed by atoms with van der Waals surface area (Å²) in [6, 6.07) is 16.1. The number of benzene rings is 2. The van der Waals surface area contributed by atoms with Crippen molar-refractivity contribution in [1.29, 1.82) is 0 Å². The lowest BCUT2D eigenvalue weighted by Crippen LogP contribution is -2.48. The Morgan fingerprint density at radius 2 is 1.93 bits per heavy atom. The number of carbonyl (C=O) groups excluding carboxylic acids is 1. The third-order valence-electron chi connectivity index (χ3n) is 4.81. The molecule has 148 valence electrons. The molecule has 0 aromatic heterocycles. The molecule has 0 radical (unpaired) electrons. The van der Waals surface area contributed by atoms with Crippen LogP contribution >= 0.6 is 34.8 Å². The van der Waals surface area contributed by atoms with Crippen LogP contribution in [0, 0.1) is 3.57 Å². The molecule has 1 aliphatic heterocycles. The molecule has 5 nitrogen and oxygen atoms in total. The van der Waals surface area contributed by atoms with Gasteiger partial charge >= 0.3 is 0 Å². The maximum absolute atomic E-state index is 12.4. The van der Waals surface area contributed by atoms with Gasteiger partial charge in [0, 0.05) is 31.2 Å². The van der Waals surface area contributed by atoms with Crippen molar-refractivity contribution in [2.75, 3.05) is 20.2 Å². The van der Waals surface area contributed by atoms with E-state index in [-0.39, 0.29) is 11.9 Å². The summed E-state index contributed by atoms with van der Waals surface area (Å²) in [6.07, 6.45) is 2.01. The van der Waals surface area contributed by atoms with E-state index < -0.39 is 0 Å². The monoisotopic (exact) mass is 509 g/mol. The summed E-state index contributed by atoms with van der Waals surface area (Å²) >= 11 is 7.49. The molecule has 1 fully saturated rings. The summed E-state index contributed by atoms with van der Waals surface area (Å²) in [4.78, 5) is 14.9. The molecule has 1 heterocycles. The first-order valence-electron chi connectivity index (χ1n) is 9.27. The van der Waals surface area contributed by atoms with Gasteiger partial charge in [-0.15, -0.1) is 0 Å². The number of hydrogen-bond donors (Lipinski definition) is 2. The molecule has 2 aromatic rings. The van der Waals surface area contributed by atoms with Crippen LogP contribution in [-0.4, -0.2) is 42.2 Å². The maximum Gasteiger partial charge on any atom is 0.257 e. The van der Waals surface area contributed by atoms with E-state index in [1.165, 1.54) is 5.56 Å². The third-order valence-corrected chi connectivity index (χ3v) is 5.88. The van der Waals surface area contributed by atoms with Crippen LogP contribution in [0.3, 0.4) is 0 Å². The maximum atomic E-state index is 12.4. The van der Waals surface area contributed by atoms with E-state index >= 15 is 0 Å². The summed E-state index contributed by atoms with van der Waals surface area (Å²) in [5.41, 5.74) is 1.90. The number of rotatable bonds is 5. The summed E-state index contributed by atoms with van der Waals surface area (Å²) < 4.78 is 6.11. The van der Waals surface area contributed by atoms with Crippen LogP contribution in [0.1, 0.15) is 28.8 Å². The minimum absolute atomic E-state index is 0.209. The molecule has 1 amide bonds. The zero-order valence-corrected chi connectivity index (χ0v) is 18.8. The van der Waals surface area contributed by atoms with Gasteiger partial charge < -0.3 is 10.1 Å². The molecule has 7 heteroatoms. The number of thiocarbonyl (C=S) groups is 1. The van der Waals surface area contributed by atoms with Crippen molar-refractivity contribution >= 4 is 45.8 Å². The lowest BCUT2D eigenvalue weighted by atomic mass is 10.0. The van der Waals surface area contributed by atoms with E-state index in [2.05, 4.69) is 62.4 Å². The van der Waals surface area contributed by atoms with E-state index in [0.717, 1.165) is 41.8 Å². The lowest BCUT2D eigenvalue weighted by Gasteiger charge is -2.32. The van der Waals surface area contributed by atoms with Gasteiger partial charge in [0.25, 0.3) is 5.91 Å². The molecule has 2 aromatic carbocycles. The first kappa shape index (κ1) is 21.0. The van der Waals surface area contributed by atoms with E-state index in [9.17, 15) is 4.79 Å². The number of amides is 1. The Morgan fingerprint density at radius 3 is 2.57 bits per heavy atom. The van der Waals surface area contributed by atoms with Crippen LogP contribution < -0.4 is 15.4 Å². The van der Waals surface area contributed by atoms with Gasteiger partial charge in [0.05, 0.1) is 10.7 Å². The van der Waals surface area contributed by atoms with Crippen LogP contribution in [0.15, 0.2) is 48.5 Å². The average molecular weight is 509 g/mol. The Bertz CT molecular complexity index is 824. The Hall–Kier alpha value is -1.71. The predicted octanol–water partition coefficient (Wildman–Crippen LogP) is 3.57. The summed E-state index contributed by atoms with van der Waals surface area (Å²) in [5, 5.41) is 6.46. The number of piperidine rings is 1. The first-order valence-corrected chi connectivity index (χ1v) is 10.8. The van der Waals surface area contributed by atoms with Gasteiger partial charge in [-0.2, -0.15) is 0 Å². The average Bonchev–Trinajstić information content (AvgIpc) is 2.70. The normalized spacial score (nSPS) is 15.1. The molecular weight excluding hydrogens is 485 g/mol. The highest BCUT2D eigenvalue weighted by Crippen LogP contribution is 2.21. The van der Waals surface area contributed by atoms with Crippen LogP contribution in [-0.2, 0) is 6.54 Å². The summed E-state index contributed by atoms with van der Waals surface area (Å²) in [7, 11) is 1.61. The third kappa shape index (κ3) is 5.89. The summed E-state index contributed by atoms with van der Waals surface area (Å²) in [5.74, 6) is 0.541. The van der Waals surface area contributed by atoms with E-state index in [1.807, 2.05) is 6.07 Å². The van der Waals surface area contributed by atoms with E-state index in [4.69, 9.17) is 17.0 Å². The van der Waals surface area contributed by atoms with Gasteiger partial charge in [-0.1, -0.05) is 30.3 Å². The zero-order valence-electron chi connectivity index (χ0n) is 15.8. The highest BCUT2D eigenvalue weighted by Gasteiger charge is 2.20. The quantitative estimate of drug-likeness (QED) is 0.477. The topological polar surface area (TPSA) is 53.6 Å². The molecule has 2 N–H and O–H groups in total.